The number of carbonyl (C=O) groups excluding carboxylic acids is 2. The minimum Gasteiger partial charge on any atom is -0.462 e. The molecular formula is C22H22N4O3S2. The summed E-state index contributed by atoms with van der Waals surface area (Å²) < 4.78 is 5.08. The summed E-state index contributed by atoms with van der Waals surface area (Å²) in [6, 6.07) is 3.90. The van der Waals surface area contributed by atoms with Crippen LogP contribution in [0, 0.1) is 18.3 Å². The van der Waals surface area contributed by atoms with Gasteiger partial charge in [0.05, 0.1) is 29.1 Å². The molecule has 7 nitrogen and oxygen atoms in total. The summed E-state index contributed by atoms with van der Waals surface area (Å²) in [7, 11) is 0. The van der Waals surface area contributed by atoms with Crippen molar-refractivity contribution in [1.29, 1.82) is 5.26 Å². The number of nitrogens with one attached hydrogen (secondary N) is 1. The van der Waals surface area contributed by atoms with Crippen LogP contribution in [0.3, 0.4) is 0 Å². The monoisotopic (exact) mass is 454 g/mol. The number of nitrogens with two attached hydrogens (primary N) is 1. The summed E-state index contributed by atoms with van der Waals surface area (Å²) in [6.45, 7) is 3.72. The second-order valence-electron chi connectivity index (χ2n) is 7.37. The van der Waals surface area contributed by atoms with Gasteiger partial charge in [0.2, 0.25) is 0 Å². The molecule has 1 amide bonds. The molecule has 3 N–H and O–H groups in total. The first-order chi connectivity index (χ1) is 14.9. The number of amides is 1. The fourth-order valence-corrected chi connectivity index (χ4v) is 6.07. The molecule has 0 radical (unpaired) electrons. The highest BCUT2D eigenvalue weighted by atomic mass is 32.1. The number of aromatic nitrogens is 1. The molecule has 4 rings (SSSR count). The average molecular weight is 455 g/mol. The Bertz CT molecular complexity index is 1240. The van der Waals surface area contributed by atoms with Crippen molar-refractivity contribution in [2.45, 2.75) is 46.0 Å². The number of nitrogen functional groups attached to an aromatic ring is 1. The molecule has 0 saturated heterocycles. The Morgan fingerprint density at radius 3 is 2.81 bits per heavy atom. The van der Waals surface area contributed by atoms with Crippen molar-refractivity contribution in [3.63, 3.8) is 0 Å². The second-order valence-corrected chi connectivity index (χ2v) is 9.48. The zero-order chi connectivity index (χ0) is 22.1. The maximum Gasteiger partial charge on any atom is 0.339 e. The number of hydrogen-bond donors (Lipinski definition) is 2. The van der Waals surface area contributed by atoms with Gasteiger partial charge in [-0.15, -0.1) is 22.7 Å². The van der Waals surface area contributed by atoms with Crippen molar-refractivity contribution in [2.75, 3.05) is 17.7 Å². The molecule has 0 spiro atoms. The van der Waals surface area contributed by atoms with Gasteiger partial charge in [0.25, 0.3) is 5.91 Å². The lowest BCUT2D eigenvalue weighted by Gasteiger charge is -2.05. The second kappa shape index (κ2) is 8.65. The van der Waals surface area contributed by atoms with E-state index < -0.39 is 5.97 Å². The Morgan fingerprint density at radius 2 is 2.06 bits per heavy atom. The van der Waals surface area contributed by atoms with Crippen molar-refractivity contribution in [1.82, 2.24) is 4.98 Å². The number of rotatable bonds is 4. The van der Waals surface area contributed by atoms with E-state index in [-0.39, 0.29) is 18.2 Å². The number of nitrogens with zero attached hydrogens (tertiary/aromatic N) is 2. The number of hydrogen-bond acceptors (Lipinski definition) is 8. The van der Waals surface area contributed by atoms with E-state index in [2.05, 4.69) is 16.4 Å². The van der Waals surface area contributed by atoms with Gasteiger partial charge in [-0.2, -0.15) is 5.26 Å². The van der Waals surface area contributed by atoms with E-state index in [4.69, 9.17) is 10.5 Å². The Morgan fingerprint density at radius 1 is 1.29 bits per heavy atom. The van der Waals surface area contributed by atoms with Gasteiger partial charge >= 0.3 is 5.97 Å². The first-order valence-electron chi connectivity index (χ1n) is 10.2. The van der Waals surface area contributed by atoms with Crippen LogP contribution in [0.5, 0.6) is 0 Å². The minimum atomic E-state index is -0.468. The van der Waals surface area contributed by atoms with Gasteiger partial charge in [-0.1, -0.05) is 6.42 Å². The topological polar surface area (TPSA) is 118 Å². The highest BCUT2D eigenvalue weighted by Crippen LogP contribution is 2.39. The molecule has 1 aliphatic carbocycles. The van der Waals surface area contributed by atoms with Crippen molar-refractivity contribution in [2.24, 2.45) is 0 Å². The summed E-state index contributed by atoms with van der Waals surface area (Å²) in [5.74, 6) is -0.839. The van der Waals surface area contributed by atoms with Crippen LogP contribution < -0.4 is 11.1 Å². The lowest BCUT2D eigenvalue weighted by Crippen LogP contribution is -2.12. The van der Waals surface area contributed by atoms with Gasteiger partial charge in [0.1, 0.15) is 20.8 Å². The molecule has 3 heterocycles. The van der Waals surface area contributed by atoms with E-state index in [1.807, 2.05) is 0 Å². The fourth-order valence-electron chi connectivity index (χ4n) is 3.82. The molecule has 0 aromatic carbocycles. The third kappa shape index (κ3) is 3.89. The first kappa shape index (κ1) is 21.3. The number of anilines is 2. The molecule has 0 aliphatic heterocycles. The number of nitriles is 1. The third-order valence-corrected chi connectivity index (χ3v) is 7.69. The standard InChI is InChI=1S/C22H22N4O3S2/c1-3-29-22(28)13-9-14-17(24)18(31-20(14)25-11(13)2)19(27)26-21-15(10-23)12-7-5-4-6-8-16(12)30-21/h9H,3-8,24H2,1-2H3,(H,26,27). The Balaban J connectivity index is 1.68. The van der Waals surface area contributed by atoms with Crippen molar-refractivity contribution >= 4 is 55.5 Å². The summed E-state index contributed by atoms with van der Waals surface area (Å²) >= 11 is 2.65. The molecule has 0 atom stereocenters. The largest absolute Gasteiger partial charge is 0.462 e. The van der Waals surface area contributed by atoms with Gasteiger partial charge in [0, 0.05) is 10.3 Å². The van der Waals surface area contributed by atoms with Crippen LogP contribution in [0.1, 0.15) is 67.9 Å². The molecule has 0 bridgehead atoms. The van der Waals surface area contributed by atoms with Crippen molar-refractivity contribution in [3.05, 3.63) is 38.2 Å². The Labute approximate surface area is 187 Å². The van der Waals surface area contributed by atoms with Crippen LogP contribution in [0.25, 0.3) is 10.2 Å². The molecule has 31 heavy (non-hydrogen) atoms. The van der Waals surface area contributed by atoms with Gasteiger partial charge < -0.3 is 15.8 Å². The lowest BCUT2D eigenvalue weighted by atomic mass is 10.1. The number of ether oxygens (including phenoxy) is 1. The highest BCUT2D eigenvalue weighted by Gasteiger charge is 2.24. The number of esters is 1. The molecule has 0 saturated carbocycles. The van der Waals surface area contributed by atoms with Crippen molar-refractivity contribution < 1.29 is 14.3 Å². The van der Waals surface area contributed by atoms with Crippen LogP contribution in [0.15, 0.2) is 6.07 Å². The van der Waals surface area contributed by atoms with Crippen LogP contribution in [-0.4, -0.2) is 23.5 Å². The van der Waals surface area contributed by atoms with E-state index >= 15 is 0 Å². The number of carbonyl (C=O) groups is 2. The summed E-state index contributed by atoms with van der Waals surface area (Å²) in [5.41, 5.74) is 9.03. The molecule has 3 aromatic rings. The van der Waals surface area contributed by atoms with E-state index in [0.29, 0.717) is 36.9 Å². The SMILES string of the molecule is CCOC(=O)c1cc2c(N)c(C(=O)Nc3sc4c(c3C#N)CCCCC4)sc2nc1C. The predicted octanol–water partition coefficient (Wildman–Crippen LogP) is 4.82. The van der Waals surface area contributed by atoms with Crippen molar-refractivity contribution in [3.8, 4) is 6.07 Å². The molecule has 160 valence electrons. The Kier molecular flexibility index (Phi) is 5.94. The minimum absolute atomic E-state index is 0.259. The summed E-state index contributed by atoms with van der Waals surface area (Å²) in [5, 5.41) is 13.7. The van der Waals surface area contributed by atoms with Gasteiger partial charge in [-0.25, -0.2) is 9.78 Å². The highest BCUT2D eigenvalue weighted by molar-refractivity contribution is 7.21. The smallest absolute Gasteiger partial charge is 0.339 e. The maximum absolute atomic E-state index is 13.1. The number of aryl methyl sites for hydroxylation is 2. The summed E-state index contributed by atoms with van der Waals surface area (Å²) in [6.07, 6.45) is 5.13. The summed E-state index contributed by atoms with van der Waals surface area (Å²) in [4.78, 5) is 31.8. The lowest BCUT2D eigenvalue weighted by molar-refractivity contribution is 0.0525. The van der Waals surface area contributed by atoms with Crippen LogP contribution >= 0.6 is 22.7 Å². The number of thiophene rings is 2. The van der Waals surface area contributed by atoms with Crippen LogP contribution in [-0.2, 0) is 17.6 Å². The van der Waals surface area contributed by atoms with E-state index in [0.717, 1.165) is 37.7 Å². The molecule has 0 fully saturated rings. The maximum atomic E-state index is 13.1. The fraction of sp³-hybridized carbons (Fsp3) is 0.364. The van der Waals surface area contributed by atoms with Gasteiger partial charge in [-0.3, -0.25) is 4.79 Å². The van der Waals surface area contributed by atoms with Crippen LogP contribution in [0.2, 0.25) is 0 Å². The van der Waals surface area contributed by atoms with Crippen LogP contribution in [0.4, 0.5) is 10.7 Å². The third-order valence-electron chi connectivity index (χ3n) is 5.37. The number of fused-ring (bicyclic) bond motifs is 2. The Hall–Kier alpha value is -2.96. The molecular weight excluding hydrogens is 432 g/mol. The van der Waals surface area contributed by atoms with E-state index in [9.17, 15) is 14.9 Å². The molecule has 1 aliphatic rings. The first-order valence-corrected chi connectivity index (χ1v) is 11.8. The van der Waals surface area contributed by atoms with Gasteiger partial charge in [-0.05, 0) is 51.2 Å². The quantitative estimate of drug-likeness (QED) is 0.431. The van der Waals surface area contributed by atoms with E-state index in [1.165, 1.54) is 27.6 Å². The normalized spacial score (nSPS) is 13.3. The van der Waals surface area contributed by atoms with E-state index in [1.54, 1.807) is 19.9 Å². The molecule has 3 aromatic heterocycles. The zero-order valence-corrected chi connectivity index (χ0v) is 19.0. The molecule has 0 unspecified atom stereocenters. The number of pyridine rings is 1. The average Bonchev–Trinajstić information content (AvgIpc) is 3.13. The predicted molar refractivity (Wildman–Crippen MR) is 123 cm³/mol. The van der Waals surface area contributed by atoms with Gasteiger partial charge in [0.15, 0.2) is 0 Å². The zero-order valence-electron chi connectivity index (χ0n) is 17.3. The molecule has 9 heteroatoms.